The molecule has 4 heterocycles. The highest BCUT2D eigenvalue weighted by atomic mass is 16.2. The Morgan fingerprint density at radius 1 is 1.20 bits per heavy atom. The van der Waals surface area contributed by atoms with E-state index in [1.807, 2.05) is 0 Å². The molecule has 0 radical (unpaired) electrons. The van der Waals surface area contributed by atoms with Crippen molar-refractivity contribution >= 4 is 11.7 Å². The molecular weight excluding hydrogens is 322 g/mol. The Labute approximate surface area is 144 Å². The minimum Gasteiger partial charge on any atom is -0.355 e. The number of aryl methyl sites for hydroxylation is 1. The van der Waals surface area contributed by atoms with Gasteiger partial charge in [-0.1, -0.05) is 0 Å². The van der Waals surface area contributed by atoms with Gasteiger partial charge in [0.25, 0.3) is 0 Å². The van der Waals surface area contributed by atoms with Gasteiger partial charge in [0.15, 0.2) is 5.82 Å². The first-order chi connectivity index (χ1) is 12.1. The fourth-order valence-electron chi connectivity index (χ4n) is 3.39. The first-order valence-corrected chi connectivity index (χ1v) is 8.58. The standard InChI is InChI=1S/C16H21N7O2/c1-20-11-17-23(16(20)25)10-15(24)22-7-4-13-12(9-22)8-14(19-18-13)21-5-2-3-6-21/h8,11H,2-7,9-10H2,1H3. The molecule has 0 saturated carbocycles. The van der Waals surface area contributed by atoms with Crippen molar-refractivity contribution in [1.29, 1.82) is 0 Å². The molecule has 0 atom stereocenters. The zero-order chi connectivity index (χ0) is 17.4. The van der Waals surface area contributed by atoms with E-state index < -0.39 is 0 Å². The highest BCUT2D eigenvalue weighted by Gasteiger charge is 2.24. The average Bonchev–Trinajstić information content (AvgIpc) is 3.27. The zero-order valence-electron chi connectivity index (χ0n) is 14.3. The van der Waals surface area contributed by atoms with Crippen LogP contribution in [0.4, 0.5) is 5.82 Å². The summed E-state index contributed by atoms with van der Waals surface area (Å²) in [5, 5.41) is 12.7. The lowest BCUT2D eigenvalue weighted by molar-refractivity contribution is -0.133. The third kappa shape index (κ3) is 3.01. The molecule has 1 amide bonds. The molecule has 25 heavy (non-hydrogen) atoms. The smallest absolute Gasteiger partial charge is 0.345 e. The molecule has 2 aromatic heterocycles. The van der Waals surface area contributed by atoms with Crippen LogP contribution in [-0.2, 0) is 31.4 Å². The van der Waals surface area contributed by atoms with Crippen molar-refractivity contribution in [3.05, 3.63) is 34.1 Å². The molecule has 0 N–H and O–H groups in total. The molecule has 2 aliphatic rings. The lowest BCUT2D eigenvalue weighted by atomic mass is 10.1. The Balaban J connectivity index is 1.49. The van der Waals surface area contributed by atoms with Crippen LogP contribution < -0.4 is 10.6 Å². The number of amides is 1. The van der Waals surface area contributed by atoms with E-state index in [0.717, 1.165) is 30.2 Å². The monoisotopic (exact) mass is 343 g/mol. The van der Waals surface area contributed by atoms with Crippen LogP contribution in [0.3, 0.4) is 0 Å². The minimum absolute atomic E-state index is 0.0352. The number of rotatable bonds is 3. The third-order valence-electron chi connectivity index (χ3n) is 4.88. The summed E-state index contributed by atoms with van der Waals surface area (Å²) in [6.45, 7) is 3.08. The maximum absolute atomic E-state index is 12.6. The first kappa shape index (κ1) is 15.8. The maximum Gasteiger partial charge on any atom is 0.345 e. The molecule has 4 rings (SSSR count). The van der Waals surface area contributed by atoms with Crippen LogP contribution >= 0.6 is 0 Å². The van der Waals surface area contributed by atoms with Crippen molar-refractivity contribution in [2.75, 3.05) is 24.5 Å². The number of carbonyl (C=O) groups is 1. The van der Waals surface area contributed by atoms with Crippen LogP contribution in [0.1, 0.15) is 24.1 Å². The van der Waals surface area contributed by atoms with Crippen LogP contribution in [0.25, 0.3) is 0 Å². The molecule has 0 unspecified atom stereocenters. The third-order valence-corrected chi connectivity index (χ3v) is 4.88. The fraction of sp³-hybridized carbons (Fsp3) is 0.562. The number of carbonyl (C=O) groups excluding carboxylic acids is 1. The summed E-state index contributed by atoms with van der Waals surface area (Å²) >= 11 is 0. The number of hydrogen-bond donors (Lipinski definition) is 0. The van der Waals surface area contributed by atoms with E-state index >= 15 is 0 Å². The van der Waals surface area contributed by atoms with Crippen LogP contribution in [0.5, 0.6) is 0 Å². The van der Waals surface area contributed by atoms with Gasteiger partial charge < -0.3 is 9.80 Å². The Hall–Kier alpha value is -2.71. The van der Waals surface area contributed by atoms with Gasteiger partial charge in [-0.25, -0.2) is 9.48 Å². The van der Waals surface area contributed by atoms with E-state index in [0.29, 0.717) is 19.5 Å². The highest BCUT2D eigenvalue weighted by molar-refractivity contribution is 5.76. The molecule has 9 heteroatoms. The van der Waals surface area contributed by atoms with Crippen molar-refractivity contribution < 1.29 is 4.79 Å². The van der Waals surface area contributed by atoms with Gasteiger partial charge in [-0.05, 0) is 24.5 Å². The van der Waals surface area contributed by atoms with E-state index in [1.165, 1.54) is 28.4 Å². The summed E-state index contributed by atoms with van der Waals surface area (Å²) in [7, 11) is 1.62. The lowest BCUT2D eigenvalue weighted by Crippen LogP contribution is -2.40. The van der Waals surface area contributed by atoms with Crippen molar-refractivity contribution in [2.45, 2.75) is 32.4 Å². The Morgan fingerprint density at radius 2 is 2.00 bits per heavy atom. The normalized spacial score (nSPS) is 17.0. The molecular formula is C16H21N7O2. The van der Waals surface area contributed by atoms with Crippen LogP contribution in [-0.4, -0.2) is 55.0 Å². The summed E-state index contributed by atoms with van der Waals surface area (Å²) < 4.78 is 2.55. The summed E-state index contributed by atoms with van der Waals surface area (Å²) in [4.78, 5) is 28.4. The quantitative estimate of drug-likeness (QED) is 0.750. The molecule has 0 bridgehead atoms. The van der Waals surface area contributed by atoms with Crippen LogP contribution in [0.2, 0.25) is 0 Å². The average molecular weight is 343 g/mol. The second kappa shape index (κ2) is 6.30. The van der Waals surface area contributed by atoms with Crippen LogP contribution in [0.15, 0.2) is 17.2 Å². The predicted octanol–water partition coefficient (Wildman–Crippen LogP) is -0.443. The molecule has 9 nitrogen and oxygen atoms in total. The topological polar surface area (TPSA) is 89.2 Å². The summed E-state index contributed by atoms with van der Waals surface area (Å²) in [5.74, 6) is 0.789. The van der Waals surface area contributed by atoms with Gasteiger partial charge in [-0.15, -0.1) is 5.10 Å². The zero-order valence-corrected chi connectivity index (χ0v) is 14.3. The molecule has 0 aromatic carbocycles. The number of hydrogen-bond acceptors (Lipinski definition) is 6. The molecule has 132 valence electrons. The van der Waals surface area contributed by atoms with E-state index in [-0.39, 0.29) is 18.1 Å². The Bertz CT molecular complexity index is 850. The van der Waals surface area contributed by atoms with Gasteiger partial charge in [-0.2, -0.15) is 10.2 Å². The molecule has 1 fully saturated rings. The van der Waals surface area contributed by atoms with E-state index in [4.69, 9.17) is 0 Å². The lowest BCUT2D eigenvalue weighted by Gasteiger charge is -2.28. The number of anilines is 1. The summed E-state index contributed by atoms with van der Waals surface area (Å²) in [5.41, 5.74) is 1.72. The van der Waals surface area contributed by atoms with E-state index in [9.17, 15) is 9.59 Å². The summed E-state index contributed by atoms with van der Waals surface area (Å²) in [6, 6.07) is 2.06. The SMILES string of the molecule is Cn1cnn(CC(=O)N2CCc3nnc(N4CCCC4)cc3C2)c1=O. The maximum atomic E-state index is 12.6. The van der Waals surface area contributed by atoms with E-state index in [2.05, 4.69) is 26.3 Å². The second-order valence-corrected chi connectivity index (χ2v) is 6.62. The minimum atomic E-state index is -0.284. The van der Waals surface area contributed by atoms with Crippen molar-refractivity contribution in [2.24, 2.45) is 7.05 Å². The van der Waals surface area contributed by atoms with Gasteiger partial charge in [0.1, 0.15) is 12.9 Å². The van der Waals surface area contributed by atoms with Crippen LogP contribution in [0, 0.1) is 0 Å². The van der Waals surface area contributed by atoms with Crippen molar-refractivity contribution in [3.8, 4) is 0 Å². The molecule has 0 spiro atoms. The van der Waals surface area contributed by atoms with Crippen molar-refractivity contribution in [1.82, 2.24) is 29.4 Å². The van der Waals surface area contributed by atoms with E-state index in [1.54, 1.807) is 11.9 Å². The number of nitrogens with zero attached hydrogens (tertiary/aromatic N) is 7. The molecule has 2 aromatic rings. The van der Waals surface area contributed by atoms with Gasteiger partial charge in [0.05, 0.1) is 5.69 Å². The summed E-state index contributed by atoms with van der Waals surface area (Å²) in [6.07, 6.45) is 4.47. The number of aromatic nitrogens is 5. The Kier molecular flexibility index (Phi) is 3.98. The fourth-order valence-corrected chi connectivity index (χ4v) is 3.39. The van der Waals surface area contributed by atoms with Gasteiger partial charge >= 0.3 is 5.69 Å². The second-order valence-electron chi connectivity index (χ2n) is 6.62. The predicted molar refractivity (Wildman–Crippen MR) is 90.1 cm³/mol. The van der Waals surface area contributed by atoms with Gasteiger partial charge in [0.2, 0.25) is 5.91 Å². The first-order valence-electron chi connectivity index (χ1n) is 8.58. The van der Waals surface area contributed by atoms with Gasteiger partial charge in [-0.3, -0.25) is 9.36 Å². The van der Waals surface area contributed by atoms with Gasteiger partial charge in [0, 0.05) is 39.6 Å². The highest BCUT2D eigenvalue weighted by Crippen LogP contribution is 2.23. The Morgan fingerprint density at radius 3 is 2.72 bits per heavy atom. The van der Waals surface area contributed by atoms with Crippen molar-refractivity contribution in [3.63, 3.8) is 0 Å². The molecule has 2 aliphatic heterocycles. The number of fused-ring (bicyclic) bond motifs is 1. The molecule has 1 saturated heterocycles. The largest absolute Gasteiger partial charge is 0.355 e. The molecule has 0 aliphatic carbocycles.